The van der Waals surface area contributed by atoms with Gasteiger partial charge in [0.2, 0.25) is 5.91 Å². The van der Waals surface area contributed by atoms with Crippen molar-refractivity contribution < 1.29 is 14.0 Å². The molecule has 2 aromatic carbocycles. The van der Waals surface area contributed by atoms with Crippen LogP contribution < -0.4 is 10.6 Å². The van der Waals surface area contributed by atoms with Gasteiger partial charge in [-0.3, -0.25) is 4.79 Å². The lowest BCUT2D eigenvalue weighted by atomic mass is 9.97. The van der Waals surface area contributed by atoms with Crippen LogP contribution >= 0.6 is 0 Å². The molecule has 1 saturated heterocycles. The van der Waals surface area contributed by atoms with E-state index in [0.29, 0.717) is 36.6 Å². The molecule has 0 radical (unpaired) electrons. The number of piperidine rings is 1. The number of rotatable bonds is 4. The number of halogens is 1. The molecule has 0 aliphatic carbocycles. The molecule has 1 unspecified atom stereocenters. The third-order valence-electron chi connectivity index (χ3n) is 5.43. The third-order valence-corrected chi connectivity index (χ3v) is 5.43. The van der Waals surface area contributed by atoms with Crippen LogP contribution in [-0.4, -0.2) is 50.1 Å². The number of amides is 3. The fourth-order valence-electron chi connectivity index (χ4n) is 3.75. The molecule has 3 aromatic rings. The Hall–Kier alpha value is -3.82. The molecule has 1 atom stereocenters. The molecule has 2 N–H and O–H groups in total. The summed E-state index contributed by atoms with van der Waals surface area (Å²) in [6, 6.07) is 11.6. The maximum absolute atomic E-state index is 14.4. The number of carbonyl (C=O) groups is 2. The third kappa shape index (κ3) is 4.74. The fraction of sp³-hybridized carbons (Fsp3) is 0.318. The molecule has 0 spiro atoms. The number of aromatic nitrogens is 4. The predicted octanol–water partition coefficient (Wildman–Crippen LogP) is 3.30. The summed E-state index contributed by atoms with van der Waals surface area (Å²) >= 11 is 0. The standard InChI is InChI=1S/C22H24FN7O2/c1-14-5-3-7-17(11-14)24-22(32)29-10-4-6-16(13-29)21(31)25-20-12-18(8-9-19(20)23)30-15(2)26-27-28-30/h3,5,7-9,11-12,16H,4,6,10,13H2,1-2H3,(H,24,32)(H,25,31). The summed E-state index contributed by atoms with van der Waals surface area (Å²) in [6.07, 6.45) is 1.30. The maximum atomic E-state index is 14.4. The second-order valence-electron chi connectivity index (χ2n) is 7.88. The molecule has 10 heteroatoms. The van der Waals surface area contributed by atoms with Gasteiger partial charge in [0.15, 0.2) is 5.82 Å². The Labute approximate surface area is 184 Å². The maximum Gasteiger partial charge on any atom is 0.321 e. The Kier molecular flexibility index (Phi) is 6.11. The van der Waals surface area contributed by atoms with Crippen molar-refractivity contribution in [2.45, 2.75) is 26.7 Å². The van der Waals surface area contributed by atoms with Crippen molar-refractivity contribution in [1.82, 2.24) is 25.1 Å². The van der Waals surface area contributed by atoms with Crippen molar-refractivity contribution in [2.24, 2.45) is 5.92 Å². The number of urea groups is 1. The first-order valence-corrected chi connectivity index (χ1v) is 10.4. The largest absolute Gasteiger partial charge is 0.324 e. The van der Waals surface area contributed by atoms with Crippen molar-refractivity contribution in [3.05, 3.63) is 59.7 Å². The molecule has 1 fully saturated rings. The molecule has 1 aliphatic rings. The van der Waals surface area contributed by atoms with Crippen LogP contribution in [0.25, 0.3) is 5.69 Å². The summed E-state index contributed by atoms with van der Waals surface area (Å²) in [5.74, 6) is -0.790. The average Bonchev–Trinajstić information content (AvgIpc) is 3.21. The highest BCUT2D eigenvalue weighted by atomic mass is 19.1. The number of tetrazole rings is 1. The Balaban J connectivity index is 1.42. The van der Waals surface area contributed by atoms with Crippen LogP contribution in [0.3, 0.4) is 0 Å². The smallest absolute Gasteiger partial charge is 0.321 e. The van der Waals surface area contributed by atoms with Gasteiger partial charge >= 0.3 is 6.03 Å². The van der Waals surface area contributed by atoms with Gasteiger partial charge in [0.1, 0.15) is 5.82 Å². The van der Waals surface area contributed by atoms with Gasteiger partial charge in [0.25, 0.3) is 0 Å². The van der Waals surface area contributed by atoms with Crippen molar-refractivity contribution in [2.75, 3.05) is 23.7 Å². The van der Waals surface area contributed by atoms with Crippen LogP contribution in [-0.2, 0) is 4.79 Å². The number of nitrogens with one attached hydrogen (secondary N) is 2. The van der Waals surface area contributed by atoms with E-state index in [4.69, 9.17) is 0 Å². The highest BCUT2D eigenvalue weighted by Gasteiger charge is 2.29. The summed E-state index contributed by atoms with van der Waals surface area (Å²) in [4.78, 5) is 27.2. The van der Waals surface area contributed by atoms with Crippen LogP contribution in [0, 0.1) is 25.6 Å². The van der Waals surface area contributed by atoms with E-state index in [0.717, 1.165) is 5.56 Å². The molecular formula is C22H24FN7O2. The highest BCUT2D eigenvalue weighted by Crippen LogP contribution is 2.23. The Morgan fingerprint density at radius 2 is 1.97 bits per heavy atom. The first-order valence-electron chi connectivity index (χ1n) is 10.4. The van der Waals surface area contributed by atoms with E-state index in [1.807, 2.05) is 31.2 Å². The zero-order chi connectivity index (χ0) is 22.7. The molecule has 0 saturated carbocycles. The van der Waals surface area contributed by atoms with Gasteiger partial charge in [-0.25, -0.2) is 9.18 Å². The minimum absolute atomic E-state index is 0.0451. The van der Waals surface area contributed by atoms with Crippen molar-refractivity contribution in [3.63, 3.8) is 0 Å². The molecule has 3 amide bonds. The van der Waals surface area contributed by atoms with Crippen molar-refractivity contribution >= 4 is 23.3 Å². The molecule has 4 rings (SSSR count). The Morgan fingerprint density at radius 3 is 2.72 bits per heavy atom. The Morgan fingerprint density at radius 1 is 1.12 bits per heavy atom. The van der Waals surface area contributed by atoms with Gasteiger partial charge in [-0.05, 0) is 73.0 Å². The normalized spacial score (nSPS) is 16.0. The molecule has 1 aliphatic heterocycles. The monoisotopic (exact) mass is 437 g/mol. The summed E-state index contributed by atoms with van der Waals surface area (Å²) in [7, 11) is 0. The van der Waals surface area contributed by atoms with Crippen LogP contribution in [0.5, 0.6) is 0 Å². The van der Waals surface area contributed by atoms with Gasteiger partial charge in [0.05, 0.1) is 17.3 Å². The average molecular weight is 437 g/mol. The minimum atomic E-state index is -0.558. The summed E-state index contributed by atoms with van der Waals surface area (Å²) < 4.78 is 15.8. The van der Waals surface area contributed by atoms with Gasteiger partial charge in [-0.1, -0.05) is 12.1 Å². The molecule has 166 valence electrons. The van der Waals surface area contributed by atoms with E-state index >= 15 is 0 Å². The second kappa shape index (κ2) is 9.13. The van der Waals surface area contributed by atoms with Gasteiger partial charge in [-0.15, -0.1) is 5.10 Å². The number of aryl methyl sites for hydroxylation is 2. The number of likely N-dealkylation sites (tertiary alicyclic amines) is 1. The van der Waals surface area contributed by atoms with E-state index in [2.05, 4.69) is 26.2 Å². The van der Waals surface area contributed by atoms with Crippen LogP contribution in [0.2, 0.25) is 0 Å². The highest BCUT2D eigenvalue weighted by molar-refractivity contribution is 5.94. The second-order valence-corrected chi connectivity index (χ2v) is 7.88. The first kappa shape index (κ1) is 21.4. The van der Waals surface area contributed by atoms with Gasteiger partial charge in [-0.2, -0.15) is 4.68 Å². The minimum Gasteiger partial charge on any atom is -0.324 e. The topological polar surface area (TPSA) is 105 Å². The molecule has 2 heterocycles. The molecule has 9 nitrogen and oxygen atoms in total. The number of benzene rings is 2. The summed E-state index contributed by atoms with van der Waals surface area (Å²) in [5.41, 5.74) is 2.33. The van der Waals surface area contributed by atoms with Crippen LogP contribution in [0.15, 0.2) is 42.5 Å². The van der Waals surface area contributed by atoms with E-state index in [1.165, 1.54) is 22.9 Å². The lowest BCUT2D eigenvalue weighted by Gasteiger charge is -2.32. The van der Waals surface area contributed by atoms with Crippen LogP contribution in [0.4, 0.5) is 20.6 Å². The van der Waals surface area contributed by atoms with Crippen LogP contribution in [0.1, 0.15) is 24.2 Å². The lowest BCUT2D eigenvalue weighted by Crippen LogP contribution is -2.45. The number of anilines is 2. The Bertz CT molecular complexity index is 1150. The fourth-order valence-corrected chi connectivity index (χ4v) is 3.75. The molecule has 0 bridgehead atoms. The summed E-state index contributed by atoms with van der Waals surface area (Å²) in [5, 5.41) is 16.8. The molecular weight excluding hydrogens is 413 g/mol. The van der Waals surface area contributed by atoms with Gasteiger partial charge < -0.3 is 15.5 Å². The van der Waals surface area contributed by atoms with Crippen molar-refractivity contribution in [1.29, 1.82) is 0 Å². The number of carbonyl (C=O) groups excluding carboxylic acids is 2. The SMILES string of the molecule is Cc1cccc(NC(=O)N2CCCC(C(=O)Nc3cc(-n4nnnc4C)ccc3F)C2)c1. The molecule has 32 heavy (non-hydrogen) atoms. The zero-order valence-corrected chi connectivity index (χ0v) is 17.9. The van der Waals surface area contributed by atoms with Crippen molar-refractivity contribution in [3.8, 4) is 5.69 Å². The van der Waals surface area contributed by atoms with E-state index in [9.17, 15) is 14.0 Å². The zero-order valence-electron chi connectivity index (χ0n) is 17.9. The molecule has 1 aromatic heterocycles. The van der Waals surface area contributed by atoms with E-state index < -0.39 is 11.7 Å². The van der Waals surface area contributed by atoms with E-state index in [1.54, 1.807) is 11.8 Å². The lowest BCUT2D eigenvalue weighted by molar-refractivity contribution is -0.121. The summed E-state index contributed by atoms with van der Waals surface area (Å²) in [6.45, 7) is 4.49. The quantitative estimate of drug-likeness (QED) is 0.652. The first-order chi connectivity index (χ1) is 15.4. The number of hydrogen-bond donors (Lipinski definition) is 2. The number of hydrogen-bond acceptors (Lipinski definition) is 5. The number of nitrogens with zero attached hydrogens (tertiary/aromatic N) is 5. The van der Waals surface area contributed by atoms with Gasteiger partial charge in [0, 0.05) is 18.8 Å². The predicted molar refractivity (Wildman–Crippen MR) is 117 cm³/mol. The van der Waals surface area contributed by atoms with E-state index in [-0.39, 0.29) is 24.2 Å².